The fourth-order valence-electron chi connectivity index (χ4n) is 2.48. The lowest BCUT2D eigenvalue weighted by atomic mass is 9.95. The van der Waals surface area contributed by atoms with Crippen LogP contribution in [0.15, 0.2) is 12.1 Å². The highest BCUT2D eigenvalue weighted by Gasteiger charge is 2.22. The van der Waals surface area contributed by atoms with Crippen molar-refractivity contribution in [2.24, 2.45) is 5.92 Å². The van der Waals surface area contributed by atoms with Crippen molar-refractivity contribution in [2.75, 3.05) is 0 Å². The quantitative estimate of drug-likeness (QED) is 0.807. The third-order valence-corrected chi connectivity index (χ3v) is 3.76. The molecule has 1 aliphatic rings. The smallest absolute Gasteiger partial charge is 0.160 e. The van der Waals surface area contributed by atoms with Crippen molar-refractivity contribution in [3.63, 3.8) is 0 Å². The highest BCUT2D eigenvalue weighted by Crippen LogP contribution is 2.35. The van der Waals surface area contributed by atoms with Crippen molar-refractivity contribution in [3.8, 4) is 0 Å². The van der Waals surface area contributed by atoms with Gasteiger partial charge in [-0.05, 0) is 24.5 Å². The maximum Gasteiger partial charge on any atom is 0.160 e. The van der Waals surface area contributed by atoms with Crippen LogP contribution >= 0.6 is 11.6 Å². The molecular formula is C13H15ClF2O. The van der Waals surface area contributed by atoms with Gasteiger partial charge < -0.3 is 5.11 Å². The van der Waals surface area contributed by atoms with Crippen molar-refractivity contribution < 1.29 is 13.9 Å². The first-order chi connectivity index (χ1) is 8.08. The Morgan fingerprint density at radius 2 is 1.82 bits per heavy atom. The number of hydrogen-bond donors (Lipinski definition) is 1. The molecule has 17 heavy (non-hydrogen) atoms. The van der Waals surface area contributed by atoms with Crippen molar-refractivity contribution in [2.45, 2.75) is 38.2 Å². The number of aliphatic hydroxyl groups is 1. The third-order valence-electron chi connectivity index (χ3n) is 3.43. The number of halogens is 3. The fraction of sp³-hybridized carbons (Fsp3) is 0.538. The zero-order chi connectivity index (χ0) is 12.4. The van der Waals surface area contributed by atoms with Crippen LogP contribution in [0.3, 0.4) is 0 Å². The van der Waals surface area contributed by atoms with E-state index < -0.39 is 17.7 Å². The molecule has 1 saturated carbocycles. The Morgan fingerprint density at radius 1 is 1.24 bits per heavy atom. The lowest BCUT2D eigenvalue weighted by Crippen LogP contribution is -2.06. The maximum atomic E-state index is 13.1. The van der Waals surface area contributed by atoms with Crippen LogP contribution in [0.4, 0.5) is 8.78 Å². The average molecular weight is 261 g/mol. The van der Waals surface area contributed by atoms with E-state index in [1.165, 1.54) is 12.8 Å². The molecule has 1 aliphatic carbocycles. The molecule has 0 radical (unpaired) electrons. The zero-order valence-electron chi connectivity index (χ0n) is 9.43. The van der Waals surface area contributed by atoms with Gasteiger partial charge in [-0.15, -0.1) is 0 Å². The van der Waals surface area contributed by atoms with Crippen molar-refractivity contribution >= 4 is 11.6 Å². The zero-order valence-corrected chi connectivity index (χ0v) is 10.2. The summed E-state index contributed by atoms with van der Waals surface area (Å²) in [5.74, 6) is -1.48. The van der Waals surface area contributed by atoms with Crippen LogP contribution in [0.5, 0.6) is 0 Å². The molecule has 0 heterocycles. The molecule has 0 saturated heterocycles. The van der Waals surface area contributed by atoms with Gasteiger partial charge in [0.25, 0.3) is 0 Å². The lowest BCUT2D eigenvalue weighted by Gasteiger charge is -2.17. The highest BCUT2D eigenvalue weighted by atomic mass is 35.5. The number of aliphatic hydroxyl groups excluding tert-OH is 1. The second-order valence-corrected chi connectivity index (χ2v) is 5.10. The van der Waals surface area contributed by atoms with Crippen molar-refractivity contribution in [1.29, 1.82) is 0 Å². The normalized spacial score (nSPS) is 18.6. The fourth-order valence-corrected chi connectivity index (χ4v) is 2.76. The third kappa shape index (κ3) is 2.96. The van der Waals surface area contributed by atoms with Crippen LogP contribution in [0.1, 0.15) is 43.8 Å². The Balaban J connectivity index is 2.12. The summed E-state index contributed by atoms with van der Waals surface area (Å²) < 4.78 is 26.0. The topological polar surface area (TPSA) is 20.2 Å². The predicted octanol–water partition coefficient (Wildman–Crippen LogP) is 4.23. The Hall–Kier alpha value is -0.670. The van der Waals surface area contributed by atoms with E-state index in [0.29, 0.717) is 12.3 Å². The Kier molecular flexibility index (Phi) is 4.00. The van der Waals surface area contributed by atoms with Gasteiger partial charge in [-0.1, -0.05) is 37.3 Å². The van der Waals surface area contributed by atoms with Gasteiger partial charge in [0, 0.05) is 10.6 Å². The van der Waals surface area contributed by atoms with Crippen molar-refractivity contribution in [1.82, 2.24) is 0 Å². The van der Waals surface area contributed by atoms with Crippen LogP contribution < -0.4 is 0 Å². The number of hydrogen-bond acceptors (Lipinski definition) is 1. The van der Waals surface area contributed by atoms with Crippen LogP contribution in [-0.2, 0) is 0 Å². The molecule has 0 spiro atoms. The minimum Gasteiger partial charge on any atom is -0.388 e. The summed E-state index contributed by atoms with van der Waals surface area (Å²) >= 11 is 5.82. The van der Waals surface area contributed by atoms with Gasteiger partial charge in [-0.3, -0.25) is 0 Å². The first-order valence-electron chi connectivity index (χ1n) is 5.90. The van der Waals surface area contributed by atoms with Gasteiger partial charge in [0.2, 0.25) is 0 Å². The van der Waals surface area contributed by atoms with Gasteiger partial charge in [0.1, 0.15) is 0 Å². The molecular weight excluding hydrogens is 246 g/mol. The van der Waals surface area contributed by atoms with E-state index in [1.807, 2.05) is 0 Å². The van der Waals surface area contributed by atoms with E-state index in [0.717, 1.165) is 25.0 Å². The monoisotopic (exact) mass is 260 g/mol. The van der Waals surface area contributed by atoms with E-state index >= 15 is 0 Å². The molecule has 0 amide bonds. The lowest BCUT2D eigenvalue weighted by molar-refractivity contribution is 0.144. The second-order valence-electron chi connectivity index (χ2n) is 4.69. The SMILES string of the molecule is OC(CC1CCCC1)c1cc(F)c(F)cc1Cl. The molecule has 1 fully saturated rings. The van der Waals surface area contributed by atoms with Gasteiger partial charge in [-0.2, -0.15) is 0 Å². The Morgan fingerprint density at radius 3 is 2.47 bits per heavy atom. The summed E-state index contributed by atoms with van der Waals surface area (Å²) in [4.78, 5) is 0. The molecule has 0 aromatic heterocycles. The first kappa shape index (κ1) is 12.8. The standard InChI is InChI=1S/C13H15ClF2O/c14-10-7-12(16)11(15)6-9(10)13(17)5-8-3-1-2-4-8/h6-8,13,17H,1-5H2. The van der Waals surface area contributed by atoms with Gasteiger partial charge in [0.05, 0.1) is 6.10 Å². The van der Waals surface area contributed by atoms with Gasteiger partial charge >= 0.3 is 0 Å². The maximum absolute atomic E-state index is 13.1. The van der Waals surface area contributed by atoms with E-state index in [4.69, 9.17) is 11.6 Å². The van der Waals surface area contributed by atoms with Crippen LogP contribution in [0.2, 0.25) is 5.02 Å². The molecule has 0 bridgehead atoms. The molecule has 1 aromatic rings. The number of benzene rings is 1. The van der Waals surface area contributed by atoms with Crippen LogP contribution in [0, 0.1) is 17.6 Å². The molecule has 1 nitrogen and oxygen atoms in total. The van der Waals surface area contributed by atoms with E-state index in [9.17, 15) is 13.9 Å². The van der Waals surface area contributed by atoms with Crippen LogP contribution in [-0.4, -0.2) is 5.11 Å². The summed E-state index contributed by atoms with van der Waals surface area (Å²) in [6.07, 6.45) is 4.33. The molecule has 1 aromatic carbocycles. The van der Waals surface area contributed by atoms with Gasteiger partial charge in [-0.25, -0.2) is 8.78 Å². The van der Waals surface area contributed by atoms with E-state index in [-0.39, 0.29) is 10.6 Å². The summed E-state index contributed by atoms with van der Waals surface area (Å²) in [6, 6.07) is 1.92. The minimum atomic E-state index is -0.980. The van der Waals surface area contributed by atoms with Gasteiger partial charge in [0.15, 0.2) is 11.6 Å². The molecule has 94 valence electrons. The molecule has 1 N–H and O–H groups in total. The number of rotatable bonds is 3. The molecule has 1 atom stereocenters. The predicted molar refractivity (Wildman–Crippen MR) is 62.9 cm³/mol. The Labute approximate surface area is 104 Å². The minimum absolute atomic E-state index is 0.0920. The molecule has 4 heteroatoms. The molecule has 2 rings (SSSR count). The highest BCUT2D eigenvalue weighted by molar-refractivity contribution is 6.31. The van der Waals surface area contributed by atoms with E-state index in [1.54, 1.807) is 0 Å². The van der Waals surface area contributed by atoms with E-state index in [2.05, 4.69) is 0 Å². The first-order valence-corrected chi connectivity index (χ1v) is 6.28. The summed E-state index contributed by atoms with van der Waals surface area (Å²) in [5, 5.41) is 10.1. The van der Waals surface area contributed by atoms with Crippen LogP contribution in [0.25, 0.3) is 0 Å². The summed E-state index contributed by atoms with van der Waals surface area (Å²) in [5.41, 5.74) is 0.289. The largest absolute Gasteiger partial charge is 0.388 e. The molecule has 1 unspecified atom stereocenters. The Bertz CT molecular complexity index is 403. The summed E-state index contributed by atoms with van der Waals surface area (Å²) in [6.45, 7) is 0. The summed E-state index contributed by atoms with van der Waals surface area (Å²) in [7, 11) is 0. The van der Waals surface area contributed by atoms with Crippen molar-refractivity contribution in [3.05, 3.63) is 34.4 Å². The average Bonchev–Trinajstić information content (AvgIpc) is 2.76. The molecule has 0 aliphatic heterocycles. The second kappa shape index (κ2) is 5.32.